The number of nitriles is 1. The summed E-state index contributed by atoms with van der Waals surface area (Å²) in [5, 5.41) is 17.6. The molecule has 1 aliphatic heterocycles. The summed E-state index contributed by atoms with van der Waals surface area (Å²) in [6, 6.07) is 10.1. The van der Waals surface area contributed by atoms with Crippen molar-refractivity contribution in [1.29, 1.82) is 5.26 Å². The Kier molecular flexibility index (Phi) is 3.43. The number of fused-ring (bicyclic) bond motifs is 1. The number of anilines is 1. The number of nitrogens with zero attached hydrogens (tertiary/aromatic N) is 6. The van der Waals surface area contributed by atoms with Gasteiger partial charge in [-0.05, 0) is 26.0 Å². The minimum atomic E-state index is -0.422. The molecule has 21 heavy (non-hydrogen) atoms. The monoisotopic (exact) mass is 282 g/mol. The third kappa shape index (κ3) is 2.65. The van der Waals surface area contributed by atoms with E-state index in [1.165, 1.54) is 0 Å². The Hall–Kier alpha value is -2.26. The van der Waals surface area contributed by atoms with Crippen molar-refractivity contribution in [3.8, 4) is 6.07 Å². The van der Waals surface area contributed by atoms with E-state index >= 15 is 0 Å². The third-order valence-electron chi connectivity index (χ3n) is 3.98. The lowest BCUT2D eigenvalue weighted by molar-refractivity contribution is 0.157. The van der Waals surface area contributed by atoms with Crippen molar-refractivity contribution in [2.24, 2.45) is 0 Å². The molecule has 0 N–H and O–H groups in total. The highest BCUT2D eigenvalue weighted by Crippen LogP contribution is 2.19. The van der Waals surface area contributed by atoms with E-state index in [4.69, 9.17) is 0 Å². The van der Waals surface area contributed by atoms with Crippen molar-refractivity contribution in [3.63, 3.8) is 0 Å². The van der Waals surface area contributed by atoms with E-state index in [0.29, 0.717) is 5.95 Å². The third-order valence-corrected chi connectivity index (χ3v) is 3.98. The number of rotatable bonds is 2. The van der Waals surface area contributed by atoms with Gasteiger partial charge in [0.2, 0.25) is 5.95 Å². The smallest absolute Gasteiger partial charge is 0.246 e. The van der Waals surface area contributed by atoms with Gasteiger partial charge in [0, 0.05) is 26.2 Å². The number of para-hydroxylation sites is 1. The summed E-state index contributed by atoms with van der Waals surface area (Å²) >= 11 is 0. The summed E-state index contributed by atoms with van der Waals surface area (Å²) in [5.41, 5.74) is 1.25. The molecule has 0 atom stereocenters. The summed E-state index contributed by atoms with van der Waals surface area (Å²) in [6.07, 6.45) is 0. The zero-order chi connectivity index (χ0) is 14.9. The molecule has 1 aromatic heterocycles. The molecule has 6 heteroatoms. The number of aromatic nitrogens is 3. The van der Waals surface area contributed by atoms with Gasteiger partial charge in [-0.3, -0.25) is 4.90 Å². The van der Waals surface area contributed by atoms with E-state index in [-0.39, 0.29) is 0 Å². The minimum absolute atomic E-state index is 0.422. The molecule has 0 bridgehead atoms. The first-order chi connectivity index (χ1) is 10.1. The summed E-state index contributed by atoms with van der Waals surface area (Å²) in [6.45, 7) is 7.19. The van der Waals surface area contributed by atoms with Crippen LogP contribution in [-0.2, 0) is 0 Å². The van der Waals surface area contributed by atoms with E-state index in [2.05, 4.69) is 31.1 Å². The molecule has 1 fully saturated rings. The predicted molar refractivity (Wildman–Crippen MR) is 80.8 cm³/mol. The molecule has 1 aliphatic rings. The second-order valence-corrected chi connectivity index (χ2v) is 5.75. The first-order valence-electron chi connectivity index (χ1n) is 7.11. The highest BCUT2D eigenvalue weighted by Gasteiger charge is 2.30. The van der Waals surface area contributed by atoms with E-state index in [1.807, 2.05) is 38.1 Å². The minimum Gasteiger partial charge on any atom is -0.337 e. The van der Waals surface area contributed by atoms with Crippen LogP contribution in [0.15, 0.2) is 24.3 Å². The molecule has 0 aliphatic carbocycles. The number of hydrogen-bond acceptors (Lipinski definition) is 6. The number of hydrogen-bond donors (Lipinski definition) is 0. The van der Waals surface area contributed by atoms with Crippen molar-refractivity contribution in [3.05, 3.63) is 24.3 Å². The van der Waals surface area contributed by atoms with Crippen molar-refractivity contribution in [1.82, 2.24) is 20.1 Å². The Morgan fingerprint density at radius 3 is 2.38 bits per heavy atom. The van der Waals surface area contributed by atoms with Gasteiger partial charge in [0.1, 0.15) is 11.1 Å². The number of benzene rings is 1. The van der Waals surface area contributed by atoms with Crippen molar-refractivity contribution >= 4 is 17.0 Å². The van der Waals surface area contributed by atoms with Gasteiger partial charge in [0.05, 0.1) is 11.6 Å². The summed E-state index contributed by atoms with van der Waals surface area (Å²) < 4.78 is 0. The fourth-order valence-corrected chi connectivity index (χ4v) is 2.54. The van der Waals surface area contributed by atoms with Crippen molar-refractivity contribution < 1.29 is 0 Å². The maximum absolute atomic E-state index is 9.21. The van der Waals surface area contributed by atoms with E-state index < -0.39 is 5.54 Å². The van der Waals surface area contributed by atoms with Crippen LogP contribution in [0.4, 0.5) is 5.95 Å². The second-order valence-electron chi connectivity index (χ2n) is 5.75. The Morgan fingerprint density at radius 2 is 1.71 bits per heavy atom. The van der Waals surface area contributed by atoms with Crippen LogP contribution < -0.4 is 4.90 Å². The lowest BCUT2D eigenvalue weighted by atomic mass is 10.0. The normalized spacial score (nSPS) is 16.9. The zero-order valence-corrected chi connectivity index (χ0v) is 12.3. The summed E-state index contributed by atoms with van der Waals surface area (Å²) in [4.78, 5) is 8.90. The first kappa shape index (κ1) is 13.7. The fourth-order valence-electron chi connectivity index (χ4n) is 2.54. The predicted octanol–water partition coefficient (Wildman–Crippen LogP) is 1.45. The highest BCUT2D eigenvalue weighted by atomic mass is 15.4. The molecule has 0 saturated carbocycles. The molecule has 108 valence electrons. The Morgan fingerprint density at radius 1 is 1.05 bits per heavy atom. The second kappa shape index (κ2) is 5.26. The zero-order valence-electron chi connectivity index (χ0n) is 12.3. The van der Waals surface area contributed by atoms with Gasteiger partial charge in [-0.1, -0.05) is 12.1 Å². The van der Waals surface area contributed by atoms with Crippen LogP contribution in [-0.4, -0.2) is 51.8 Å². The van der Waals surface area contributed by atoms with Gasteiger partial charge >= 0.3 is 0 Å². The molecule has 2 heterocycles. The van der Waals surface area contributed by atoms with Gasteiger partial charge < -0.3 is 4.90 Å². The lowest BCUT2D eigenvalue weighted by Gasteiger charge is -2.40. The average molecular weight is 282 g/mol. The van der Waals surface area contributed by atoms with E-state index in [0.717, 1.165) is 37.2 Å². The fraction of sp³-hybridized carbons (Fsp3) is 0.467. The SMILES string of the molecule is CC(C)(C#N)N1CCN(c2nnc3ccccc3n2)CC1. The molecular weight excluding hydrogens is 264 g/mol. The largest absolute Gasteiger partial charge is 0.337 e. The van der Waals surface area contributed by atoms with Crippen LogP contribution >= 0.6 is 0 Å². The van der Waals surface area contributed by atoms with Gasteiger partial charge in [-0.25, -0.2) is 4.98 Å². The molecule has 0 radical (unpaired) electrons. The van der Waals surface area contributed by atoms with Crippen LogP contribution in [0.25, 0.3) is 11.0 Å². The molecule has 1 saturated heterocycles. The molecule has 0 spiro atoms. The van der Waals surface area contributed by atoms with Crippen LogP contribution in [0.3, 0.4) is 0 Å². The molecule has 1 aromatic carbocycles. The lowest BCUT2D eigenvalue weighted by Crippen LogP contribution is -2.54. The average Bonchev–Trinajstić information content (AvgIpc) is 2.54. The van der Waals surface area contributed by atoms with Crippen LogP contribution in [0, 0.1) is 11.3 Å². The molecular formula is C15H18N6. The van der Waals surface area contributed by atoms with Gasteiger partial charge in [-0.2, -0.15) is 5.26 Å². The van der Waals surface area contributed by atoms with Gasteiger partial charge in [0.15, 0.2) is 0 Å². The van der Waals surface area contributed by atoms with Crippen LogP contribution in [0.2, 0.25) is 0 Å². The molecule has 0 unspecified atom stereocenters. The summed E-state index contributed by atoms with van der Waals surface area (Å²) in [5.74, 6) is 0.670. The van der Waals surface area contributed by atoms with Gasteiger partial charge in [-0.15, -0.1) is 10.2 Å². The van der Waals surface area contributed by atoms with Crippen LogP contribution in [0.5, 0.6) is 0 Å². The van der Waals surface area contributed by atoms with E-state index in [1.54, 1.807) is 0 Å². The Bertz CT molecular complexity index is 682. The van der Waals surface area contributed by atoms with Gasteiger partial charge in [0.25, 0.3) is 0 Å². The number of piperazine rings is 1. The van der Waals surface area contributed by atoms with E-state index in [9.17, 15) is 5.26 Å². The topological polar surface area (TPSA) is 68.9 Å². The van der Waals surface area contributed by atoms with Crippen molar-refractivity contribution in [2.45, 2.75) is 19.4 Å². The molecule has 0 amide bonds. The maximum Gasteiger partial charge on any atom is 0.246 e. The van der Waals surface area contributed by atoms with Crippen LogP contribution in [0.1, 0.15) is 13.8 Å². The first-order valence-corrected chi connectivity index (χ1v) is 7.11. The Labute approximate surface area is 124 Å². The molecule has 6 nitrogen and oxygen atoms in total. The highest BCUT2D eigenvalue weighted by molar-refractivity contribution is 5.74. The molecule has 3 rings (SSSR count). The molecule has 2 aromatic rings. The van der Waals surface area contributed by atoms with Crippen molar-refractivity contribution in [2.75, 3.05) is 31.1 Å². The standard InChI is InChI=1S/C15H18N6/c1-15(2,11-16)21-9-7-20(8-10-21)14-17-12-5-3-4-6-13(12)18-19-14/h3-6H,7-10H2,1-2H3. The maximum atomic E-state index is 9.21. The summed E-state index contributed by atoms with van der Waals surface area (Å²) in [7, 11) is 0. The Balaban J connectivity index is 1.75. The quantitative estimate of drug-likeness (QED) is 0.830.